The zero-order valence-electron chi connectivity index (χ0n) is 11.1. The molecule has 1 aliphatic carbocycles. The summed E-state index contributed by atoms with van der Waals surface area (Å²) in [5.74, 6) is -0.328. The Hall–Kier alpha value is -1.81. The Morgan fingerprint density at radius 3 is 2.63 bits per heavy atom. The van der Waals surface area contributed by atoms with Crippen LogP contribution < -0.4 is 10.6 Å². The van der Waals surface area contributed by atoms with Crippen molar-refractivity contribution in [2.75, 3.05) is 19.0 Å². The zero-order chi connectivity index (χ0) is 13.6. The van der Waals surface area contributed by atoms with Crippen molar-refractivity contribution in [1.29, 1.82) is 0 Å². The van der Waals surface area contributed by atoms with Gasteiger partial charge in [0.15, 0.2) is 0 Å². The molecule has 0 bridgehead atoms. The molecule has 0 saturated heterocycles. The number of aryl methyl sites for hydroxylation is 2. The maximum atomic E-state index is 11.3. The van der Waals surface area contributed by atoms with Crippen LogP contribution in [0, 0.1) is 0 Å². The number of amides is 1. The van der Waals surface area contributed by atoms with Crippen LogP contribution in [0.1, 0.15) is 20.8 Å². The lowest BCUT2D eigenvalue weighted by atomic mass is 9.91. The highest BCUT2D eigenvalue weighted by Gasteiger charge is 2.21. The average Bonchev–Trinajstić information content (AvgIpc) is 2.82. The molecule has 0 unspecified atom stereocenters. The predicted octanol–water partition coefficient (Wildman–Crippen LogP) is 2.68. The second-order valence-electron chi connectivity index (χ2n) is 5.07. The summed E-state index contributed by atoms with van der Waals surface area (Å²) in [6, 6.07) is 8.47. The first-order valence-electron chi connectivity index (χ1n) is 6.29. The maximum Gasteiger partial charge on any atom is 0.258 e. The minimum atomic E-state index is -0.328. The minimum Gasteiger partial charge on any atom is -0.378 e. The van der Waals surface area contributed by atoms with Gasteiger partial charge in [-0.25, -0.2) is 0 Å². The molecule has 0 spiro atoms. The first-order chi connectivity index (χ1) is 9.06. The fourth-order valence-electron chi connectivity index (χ4n) is 2.52. The van der Waals surface area contributed by atoms with Crippen molar-refractivity contribution in [3.05, 3.63) is 40.3 Å². The van der Waals surface area contributed by atoms with Crippen molar-refractivity contribution in [1.82, 2.24) is 0 Å². The monoisotopic (exact) mass is 272 g/mol. The van der Waals surface area contributed by atoms with E-state index in [0.29, 0.717) is 4.88 Å². The molecule has 19 heavy (non-hydrogen) atoms. The molecule has 0 radical (unpaired) electrons. The number of primary amides is 1. The van der Waals surface area contributed by atoms with Crippen molar-refractivity contribution < 1.29 is 4.79 Å². The normalized spacial score (nSPS) is 12.7. The number of nitrogens with two attached hydrogens (primary N) is 1. The number of carbonyl (C=O) groups excluding carboxylic acids is 1. The molecule has 1 amide bonds. The van der Waals surface area contributed by atoms with E-state index in [1.165, 1.54) is 38.6 Å². The molecule has 98 valence electrons. The highest BCUT2D eigenvalue weighted by Crippen LogP contribution is 2.40. The molecule has 1 aromatic heterocycles. The number of thiophene rings is 1. The van der Waals surface area contributed by atoms with Gasteiger partial charge in [-0.3, -0.25) is 4.79 Å². The van der Waals surface area contributed by atoms with Gasteiger partial charge in [0.1, 0.15) is 0 Å². The van der Waals surface area contributed by atoms with E-state index in [1.54, 1.807) is 0 Å². The number of fused-ring (bicyclic) bond motifs is 3. The van der Waals surface area contributed by atoms with Gasteiger partial charge in [0.2, 0.25) is 0 Å². The summed E-state index contributed by atoms with van der Waals surface area (Å²) < 4.78 is 0. The zero-order valence-corrected chi connectivity index (χ0v) is 11.9. The fraction of sp³-hybridized carbons (Fsp3) is 0.267. The van der Waals surface area contributed by atoms with Gasteiger partial charge in [0.05, 0.1) is 4.88 Å². The SMILES string of the molecule is CN(C)c1ccc2c(c1)CCc1cc(C(N)=O)sc1-2. The Kier molecular flexibility index (Phi) is 2.82. The lowest BCUT2D eigenvalue weighted by Crippen LogP contribution is -2.10. The first-order valence-corrected chi connectivity index (χ1v) is 7.11. The molecule has 0 atom stereocenters. The third-order valence-electron chi connectivity index (χ3n) is 3.57. The summed E-state index contributed by atoms with van der Waals surface area (Å²) in [6.07, 6.45) is 2.02. The van der Waals surface area contributed by atoms with Crippen LogP contribution in [0.5, 0.6) is 0 Å². The van der Waals surface area contributed by atoms with Crippen LogP contribution in [0.25, 0.3) is 10.4 Å². The molecule has 0 fully saturated rings. The number of hydrogen-bond acceptors (Lipinski definition) is 3. The highest BCUT2D eigenvalue weighted by atomic mass is 32.1. The van der Waals surface area contributed by atoms with E-state index in [1.807, 2.05) is 20.2 Å². The Labute approximate surface area is 116 Å². The third kappa shape index (κ3) is 2.02. The largest absolute Gasteiger partial charge is 0.378 e. The van der Waals surface area contributed by atoms with Gasteiger partial charge in [-0.1, -0.05) is 6.07 Å². The number of rotatable bonds is 2. The first kappa shape index (κ1) is 12.2. The summed E-state index contributed by atoms with van der Waals surface area (Å²) >= 11 is 1.51. The predicted molar refractivity (Wildman–Crippen MR) is 80.0 cm³/mol. The molecule has 1 aromatic carbocycles. The quantitative estimate of drug-likeness (QED) is 0.913. The number of anilines is 1. The van der Waals surface area contributed by atoms with E-state index >= 15 is 0 Å². The third-order valence-corrected chi connectivity index (χ3v) is 4.79. The summed E-state index contributed by atoms with van der Waals surface area (Å²) in [5.41, 5.74) is 10.5. The summed E-state index contributed by atoms with van der Waals surface area (Å²) in [6.45, 7) is 0. The Bertz CT molecular complexity index is 658. The highest BCUT2D eigenvalue weighted by molar-refractivity contribution is 7.17. The second kappa shape index (κ2) is 4.38. The van der Waals surface area contributed by atoms with Gasteiger partial charge in [-0.05, 0) is 47.7 Å². The van der Waals surface area contributed by atoms with Gasteiger partial charge < -0.3 is 10.6 Å². The van der Waals surface area contributed by atoms with Gasteiger partial charge in [-0.2, -0.15) is 0 Å². The topological polar surface area (TPSA) is 46.3 Å². The van der Waals surface area contributed by atoms with E-state index in [-0.39, 0.29) is 5.91 Å². The van der Waals surface area contributed by atoms with Gasteiger partial charge >= 0.3 is 0 Å². The smallest absolute Gasteiger partial charge is 0.258 e. The minimum absolute atomic E-state index is 0.328. The molecule has 2 N–H and O–H groups in total. The van der Waals surface area contributed by atoms with Crippen molar-refractivity contribution >= 4 is 22.9 Å². The van der Waals surface area contributed by atoms with Crippen LogP contribution >= 0.6 is 11.3 Å². The van der Waals surface area contributed by atoms with E-state index in [9.17, 15) is 4.79 Å². The van der Waals surface area contributed by atoms with Crippen molar-refractivity contribution in [3.63, 3.8) is 0 Å². The molecular formula is C15H16N2OS. The van der Waals surface area contributed by atoms with Gasteiger partial charge in [-0.15, -0.1) is 11.3 Å². The van der Waals surface area contributed by atoms with E-state index in [0.717, 1.165) is 12.8 Å². The van der Waals surface area contributed by atoms with Crippen molar-refractivity contribution in [2.24, 2.45) is 5.73 Å². The summed E-state index contributed by atoms with van der Waals surface area (Å²) in [4.78, 5) is 15.3. The van der Waals surface area contributed by atoms with Crippen LogP contribution in [0.15, 0.2) is 24.3 Å². The number of hydrogen-bond donors (Lipinski definition) is 1. The van der Waals surface area contributed by atoms with Crippen LogP contribution in [0.4, 0.5) is 5.69 Å². The van der Waals surface area contributed by atoms with Gasteiger partial charge in [0, 0.05) is 24.7 Å². The molecule has 3 rings (SSSR count). The molecule has 1 heterocycles. The van der Waals surface area contributed by atoms with E-state index < -0.39 is 0 Å². The molecular weight excluding hydrogens is 256 g/mol. The lowest BCUT2D eigenvalue weighted by Gasteiger charge is -2.20. The van der Waals surface area contributed by atoms with Crippen LogP contribution in [0.2, 0.25) is 0 Å². The molecule has 1 aliphatic rings. The van der Waals surface area contributed by atoms with Crippen molar-refractivity contribution in [3.8, 4) is 10.4 Å². The van der Waals surface area contributed by atoms with Crippen LogP contribution in [0.3, 0.4) is 0 Å². The summed E-state index contributed by atoms with van der Waals surface area (Å²) in [7, 11) is 4.10. The molecule has 0 saturated carbocycles. The summed E-state index contributed by atoms with van der Waals surface area (Å²) in [5, 5.41) is 0. The van der Waals surface area contributed by atoms with E-state index in [4.69, 9.17) is 5.73 Å². The molecule has 3 nitrogen and oxygen atoms in total. The Balaban J connectivity index is 2.11. The fourth-order valence-corrected chi connectivity index (χ4v) is 3.64. The number of nitrogens with zero attached hydrogens (tertiary/aromatic N) is 1. The molecule has 4 heteroatoms. The lowest BCUT2D eigenvalue weighted by molar-refractivity contribution is 0.100. The average molecular weight is 272 g/mol. The van der Waals surface area contributed by atoms with E-state index in [2.05, 4.69) is 23.1 Å². The second-order valence-corrected chi connectivity index (χ2v) is 6.12. The molecule has 0 aliphatic heterocycles. The van der Waals surface area contributed by atoms with Crippen LogP contribution in [-0.2, 0) is 12.8 Å². The molecule has 2 aromatic rings. The van der Waals surface area contributed by atoms with Crippen molar-refractivity contribution in [2.45, 2.75) is 12.8 Å². The standard InChI is InChI=1S/C15H16N2OS/c1-17(2)11-5-6-12-9(7-11)3-4-10-8-13(15(16)18)19-14(10)12/h5-8H,3-4H2,1-2H3,(H2,16,18). The Morgan fingerprint density at radius 1 is 1.21 bits per heavy atom. The number of benzene rings is 1. The Morgan fingerprint density at radius 2 is 1.95 bits per heavy atom. The maximum absolute atomic E-state index is 11.3. The van der Waals surface area contributed by atoms with Crippen LogP contribution in [-0.4, -0.2) is 20.0 Å². The number of carbonyl (C=O) groups is 1. The van der Waals surface area contributed by atoms with Gasteiger partial charge in [0.25, 0.3) is 5.91 Å².